The first kappa shape index (κ1) is 43.6. The van der Waals surface area contributed by atoms with Crippen LogP contribution in [0, 0.1) is 43.4 Å². The lowest BCUT2D eigenvalue weighted by Crippen LogP contribution is -2.26. The second-order valence-electron chi connectivity index (χ2n) is 14.5. The predicted octanol–water partition coefficient (Wildman–Crippen LogP) is 7.80. The Bertz CT molecular complexity index is 1200. The number of Topliss-reactive ketones (excluding diaryl/α,β-unsaturated/α-hetero) is 2. The lowest BCUT2D eigenvalue weighted by atomic mass is 9.78. The molecule has 3 saturated carbocycles. The van der Waals surface area contributed by atoms with E-state index in [1.807, 2.05) is 26.2 Å². The van der Waals surface area contributed by atoms with Gasteiger partial charge in [0.05, 0.1) is 10.0 Å². The minimum absolute atomic E-state index is 0. The zero-order valence-electron chi connectivity index (χ0n) is 29.9. The van der Waals surface area contributed by atoms with E-state index in [4.69, 9.17) is 15.9 Å². The molecule has 5 rings (SSSR count). The highest BCUT2D eigenvalue weighted by Gasteiger charge is 2.24. The third-order valence-electron chi connectivity index (χ3n) is 10.4. The van der Waals surface area contributed by atoms with Gasteiger partial charge in [-0.2, -0.15) is 0 Å². The van der Waals surface area contributed by atoms with E-state index >= 15 is 0 Å². The van der Waals surface area contributed by atoms with Crippen molar-refractivity contribution in [3.63, 3.8) is 0 Å². The highest BCUT2D eigenvalue weighted by atomic mass is 35.5. The Labute approximate surface area is 308 Å². The Morgan fingerprint density at radius 2 is 1.06 bits per heavy atom. The van der Waals surface area contributed by atoms with E-state index in [0.29, 0.717) is 80.2 Å². The minimum atomic E-state index is 0. The Morgan fingerprint density at radius 3 is 1.41 bits per heavy atom. The van der Waals surface area contributed by atoms with Crippen LogP contribution in [0.4, 0.5) is 0 Å². The Kier molecular flexibility index (Phi) is 21.9. The van der Waals surface area contributed by atoms with Crippen molar-refractivity contribution in [2.24, 2.45) is 35.3 Å². The molecule has 0 spiro atoms. The largest absolute Gasteiger partial charge is 0.396 e. The maximum absolute atomic E-state index is 12.0. The molecule has 0 aromatic carbocycles. The van der Waals surface area contributed by atoms with Crippen LogP contribution >= 0.6 is 35.1 Å². The first-order chi connectivity index (χ1) is 23.2. The van der Waals surface area contributed by atoms with Gasteiger partial charge in [-0.1, -0.05) is 12.8 Å². The molecule has 8 nitrogen and oxygen atoms in total. The second-order valence-corrected chi connectivity index (χ2v) is 17.2. The van der Waals surface area contributed by atoms with Crippen LogP contribution in [0.15, 0.2) is 12.4 Å². The van der Waals surface area contributed by atoms with Crippen LogP contribution in [0.1, 0.15) is 129 Å². The second kappa shape index (κ2) is 24.6. The van der Waals surface area contributed by atoms with Gasteiger partial charge in [0.25, 0.3) is 0 Å². The van der Waals surface area contributed by atoms with Crippen LogP contribution < -0.4 is 5.73 Å². The summed E-state index contributed by atoms with van der Waals surface area (Å²) in [5.41, 5.74) is 5.73. The number of aliphatic hydroxyl groups excluding tert-OH is 2. The fraction of sp³-hybridized carbons (Fsp3) is 0.763. The van der Waals surface area contributed by atoms with Crippen molar-refractivity contribution in [1.82, 2.24) is 9.97 Å². The fourth-order valence-electron chi connectivity index (χ4n) is 7.52. The lowest BCUT2D eigenvalue weighted by molar-refractivity contribution is -0.120. The number of aliphatic hydroxyl groups is 2. The van der Waals surface area contributed by atoms with E-state index in [2.05, 4.69) is 9.97 Å². The number of halogens is 1. The first-order valence-electron chi connectivity index (χ1n) is 18.4. The third kappa shape index (κ3) is 18.0. The fourth-order valence-corrected chi connectivity index (χ4v) is 9.17. The van der Waals surface area contributed by atoms with Crippen molar-refractivity contribution in [2.75, 3.05) is 13.2 Å². The molecular formula is C38H62ClN3O5S2. The number of nitrogens with two attached hydrogens (primary N) is 1. The zero-order chi connectivity index (χ0) is 34.7. The van der Waals surface area contributed by atoms with E-state index in [1.54, 1.807) is 22.7 Å². The van der Waals surface area contributed by atoms with Crippen LogP contribution in [0.25, 0.3) is 0 Å². The number of hydrogen-bond acceptors (Lipinski definition) is 10. The molecule has 2 aromatic rings. The molecule has 0 unspecified atom stereocenters. The summed E-state index contributed by atoms with van der Waals surface area (Å²) >= 11 is 3.24. The highest BCUT2D eigenvalue weighted by Crippen LogP contribution is 2.34. The quantitative estimate of drug-likeness (QED) is 0.167. The van der Waals surface area contributed by atoms with Crippen molar-refractivity contribution in [3.8, 4) is 0 Å². The molecule has 0 radical (unpaired) electrons. The Hall–Kier alpha value is -1.56. The normalized spacial score (nSPS) is 25.1. The molecule has 0 aliphatic heterocycles. The summed E-state index contributed by atoms with van der Waals surface area (Å²) in [4.78, 5) is 45.1. The molecule has 0 saturated heterocycles. The number of hydrogen-bond donors (Lipinski definition) is 3. The summed E-state index contributed by atoms with van der Waals surface area (Å²) in [5.74, 6) is 3.79. The molecule has 3 aliphatic rings. The average Bonchev–Trinajstić information content (AvgIpc) is 3.67. The lowest BCUT2D eigenvalue weighted by Gasteiger charge is -2.27. The van der Waals surface area contributed by atoms with Crippen LogP contribution in [0.5, 0.6) is 0 Å². The van der Waals surface area contributed by atoms with Gasteiger partial charge in [-0.15, -0.1) is 35.1 Å². The molecule has 278 valence electrons. The monoisotopic (exact) mass is 739 g/mol. The van der Waals surface area contributed by atoms with Crippen molar-refractivity contribution < 1.29 is 24.6 Å². The van der Waals surface area contributed by atoms with E-state index < -0.39 is 0 Å². The molecule has 2 heterocycles. The summed E-state index contributed by atoms with van der Waals surface area (Å²) in [6, 6.07) is 0.440. The van der Waals surface area contributed by atoms with Gasteiger partial charge < -0.3 is 20.7 Å². The molecule has 0 amide bonds. The Balaban J connectivity index is 0.000000265. The molecule has 3 aliphatic carbocycles. The molecule has 2 aromatic heterocycles. The van der Waals surface area contributed by atoms with E-state index in [9.17, 15) is 14.4 Å². The molecule has 0 bridgehead atoms. The number of ketones is 2. The summed E-state index contributed by atoms with van der Waals surface area (Å²) in [5, 5.41) is 19.6. The standard InChI is InChI=1S/C15H23NO2S.C15H21NO2S.C8H17NO.ClH/c2*1-11-16-10-15(19-11)9-14(18)8-13-4-2-12(3-5-13)6-7-17;9-8-3-1-7(2-4-8)5-6-10;/h10,12-13,17H,2-9H2,1H3;7,10,12-13H,2-6,8-9H2,1H3;7-8,10H,1-6,9H2;1H. The van der Waals surface area contributed by atoms with Gasteiger partial charge in [-0.3, -0.25) is 9.59 Å². The number of carbonyl (C=O) groups is 3. The molecule has 0 atom stereocenters. The molecule has 3 fully saturated rings. The van der Waals surface area contributed by atoms with Crippen molar-refractivity contribution >= 4 is 52.9 Å². The summed E-state index contributed by atoms with van der Waals surface area (Å²) in [6.07, 6.45) is 23.6. The molecule has 11 heteroatoms. The smallest absolute Gasteiger partial charge is 0.138 e. The summed E-state index contributed by atoms with van der Waals surface area (Å²) in [6.45, 7) is 4.59. The van der Waals surface area contributed by atoms with Gasteiger partial charge in [0, 0.05) is 73.5 Å². The first-order valence-corrected chi connectivity index (χ1v) is 20.1. The van der Waals surface area contributed by atoms with Gasteiger partial charge in [0.2, 0.25) is 0 Å². The molecular weight excluding hydrogens is 678 g/mol. The Morgan fingerprint density at radius 1 is 0.694 bits per heavy atom. The van der Waals surface area contributed by atoms with Crippen LogP contribution in [-0.4, -0.2) is 57.3 Å². The highest BCUT2D eigenvalue weighted by molar-refractivity contribution is 7.11. The molecule has 49 heavy (non-hydrogen) atoms. The third-order valence-corrected chi connectivity index (χ3v) is 12.3. The minimum Gasteiger partial charge on any atom is -0.396 e. The van der Waals surface area contributed by atoms with Crippen molar-refractivity contribution in [3.05, 3.63) is 32.2 Å². The van der Waals surface area contributed by atoms with E-state index in [1.165, 1.54) is 25.7 Å². The summed E-state index contributed by atoms with van der Waals surface area (Å²) in [7, 11) is 0. The maximum Gasteiger partial charge on any atom is 0.138 e. The average molecular weight is 741 g/mol. The number of aromatic nitrogens is 2. The number of thiazole rings is 2. The summed E-state index contributed by atoms with van der Waals surface area (Å²) < 4.78 is 0. The topological polar surface area (TPSA) is 143 Å². The SMILES string of the molecule is Cc1ncc(CC(=O)CC2CCC(CC=O)CC2)s1.Cc1ncc(CC(=O)CC2CCC(CCO)CC2)s1.Cl.NC1CCC(CCO)CC1. The van der Waals surface area contributed by atoms with E-state index in [0.717, 1.165) is 103 Å². The van der Waals surface area contributed by atoms with Gasteiger partial charge >= 0.3 is 0 Å². The van der Waals surface area contributed by atoms with Gasteiger partial charge in [-0.25, -0.2) is 9.97 Å². The number of aldehydes is 1. The van der Waals surface area contributed by atoms with Gasteiger partial charge in [0.15, 0.2) is 0 Å². The number of nitrogens with zero attached hydrogens (tertiary/aromatic N) is 2. The zero-order valence-corrected chi connectivity index (χ0v) is 32.3. The van der Waals surface area contributed by atoms with Crippen LogP contribution in [0.3, 0.4) is 0 Å². The maximum atomic E-state index is 12.0. The number of carbonyl (C=O) groups excluding carboxylic acids is 3. The van der Waals surface area contributed by atoms with Gasteiger partial charge in [0.1, 0.15) is 17.9 Å². The van der Waals surface area contributed by atoms with Crippen LogP contribution in [0.2, 0.25) is 0 Å². The van der Waals surface area contributed by atoms with Crippen molar-refractivity contribution in [1.29, 1.82) is 0 Å². The van der Waals surface area contributed by atoms with Gasteiger partial charge in [-0.05, 0) is 120 Å². The van der Waals surface area contributed by atoms with Crippen LogP contribution in [-0.2, 0) is 27.2 Å². The number of aryl methyl sites for hydroxylation is 2. The predicted molar refractivity (Wildman–Crippen MR) is 203 cm³/mol. The van der Waals surface area contributed by atoms with Crippen molar-refractivity contribution in [2.45, 2.75) is 142 Å². The van der Waals surface area contributed by atoms with E-state index in [-0.39, 0.29) is 12.4 Å². The number of rotatable bonds is 14. The molecule has 4 N–H and O–H groups in total.